The zero-order valence-corrected chi connectivity index (χ0v) is 14.8. The maximum Gasteiger partial charge on any atom is 0.215 e. The van der Waals surface area contributed by atoms with Crippen LogP contribution in [0.3, 0.4) is 0 Å². The molecule has 1 aromatic carbocycles. The number of nitrogens with one attached hydrogen (secondary N) is 1. The number of furan rings is 1. The third-order valence-corrected chi connectivity index (χ3v) is 4.44. The Hall–Kier alpha value is -3.19. The molecule has 3 N–H and O–H groups in total. The van der Waals surface area contributed by atoms with Crippen molar-refractivity contribution in [2.45, 2.75) is 6.92 Å². The molecule has 0 radical (unpaired) electrons. The lowest BCUT2D eigenvalue weighted by atomic mass is 10.1. The fourth-order valence-electron chi connectivity index (χ4n) is 2.83. The Labute approximate surface area is 157 Å². The summed E-state index contributed by atoms with van der Waals surface area (Å²) in [5.41, 5.74) is 8.98. The summed E-state index contributed by atoms with van der Waals surface area (Å²) in [5, 5.41) is 2.84. The quantitative estimate of drug-likeness (QED) is 0.457. The van der Waals surface area contributed by atoms with Gasteiger partial charge in [0, 0.05) is 23.7 Å². The molecule has 0 amide bonds. The lowest BCUT2D eigenvalue weighted by Crippen LogP contribution is -1.98. The summed E-state index contributed by atoms with van der Waals surface area (Å²) in [6.45, 7) is 1.87. The minimum Gasteiger partial charge on any atom is -0.436 e. The van der Waals surface area contributed by atoms with Gasteiger partial charge in [-0.15, -0.1) is 0 Å². The SMILES string of the molecule is Cc1cc(-c2nccc3c(Nc4ccc(F)c(Cl)c4F)c(N)oc23)ccn1. The Kier molecular flexibility index (Phi) is 4.16. The van der Waals surface area contributed by atoms with Gasteiger partial charge in [-0.1, -0.05) is 11.6 Å². The van der Waals surface area contributed by atoms with Crippen molar-refractivity contribution in [3.8, 4) is 11.3 Å². The van der Waals surface area contributed by atoms with Crippen LogP contribution in [-0.4, -0.2) is 9.97 Å². The van der Waals surface area contributed by atoms with Crippen LogP contribution in [-0.2, 0) is 0 Å². The highest BCUT2D eigenvalue weighted by Crippen LogP contribution is 2.40. The van der Waals surface area contributed by atoms with Crippen LogP contribution in [0.4, 0.5) is 26.0 Å². The van der Waals surface area contributed by atoms with Gasteiger partial charge in [-0.3, -0.25) is 9.97 Å². The van der Waals surface area contributed by atoms with E-state index in [0.717, 1.165) is 17.3 Å². The van der Waals surface area contributed by atoms with Crippen LogP contribution in [0.1, 0.15) is 5.69 Å². The predicted molar refractivity (Wildman–Crippen MR) is 101 cm³/mol. The van der Waals surface area contributed by atoms with Crippen LogP contribution in [0.15, 0.2) is 47.1 Å². The Morgan fingerprint density at radius 1 is 1.11 bits per heavy atom. The number of rotatable bonds is 3. The van der Waals surface area contributed by atoms with E-state index in [1.807, 2.05) is 13.0 Å². The van der Waals surface area contributed by atoms with E-state index < -0.39 is 16.7 Å². The van der Waals surface area contributed by atoms with E-state index >= 15 is 0 Å². The number of benzene rings is 1. The van der Waals surface area contributed by atoms with E-state index in [0.29, 0.717) is 22.4 Å². The average molecular weight is 387 g/mol. The van der Waals surface area contributed by atoms with Crippen molar-refractivity contribution in [3.63, 3.8) is 0 Å². The third kappa shape index (κ3) is 2.96. The summed E-state index contributed by atoms with van der Waals surface area (Å²) in [6, 6.07) is 7.67. The number of hydrogen-bond acceptors (Lipinski definition) is 5. The van der Waals surface area contributed by atoms with Gasteiger partial charge in [0.05, 0.1) is 11.1 Å². The molecule has 27 heavy (non-hydrogen) atoms. The van der Waals surface area contributed by atoms with Gasteiger partial charge in [-0.25, -0.2) is 8.78 Å². The van der Waals surface area contributed by atoms with Gasteiger partial charge in [0.25, 0.3) is 0 Å². The molecule has 3 aromatic heterocycles. The molecule has 4 aromatic rings. The molecule has 5 nitrogen and oxygen atoms in total. The van der Waals surface area contributed by atoms with E-state index in [9.17, 15) is 8.78 Å². The van der Waals surface area contributed by atoms with Crippen molar-refractivity contribution in [1.29, 1.82) is 0 Å². The summed E-state index contributed by atoms with van der Waals surface area (Å²) in [4.78, 5) is 8.54. The Bertz CT molecular complexity index is 1180. The first-order valence-electron chi connectivity index (χ1n) is 7.96. The molecule has 0 bridgehead atoms. The maximum absolute atomic E-state index is 14.2. The molecule has 0 fully saturated rings. The van der Waals surface area contributed by atoms with E-state index in [-0.39, 0.29) is 11.6 Å². The van der Waals surface area contributed by atoms with Gasteiger partial charge in [0.2, 0.25) is 5.88 Å². The van der Waals surface area contributed by atoms with Crippen LogP contribution in [0.5, 0.6) is 0 Å². The van der Waals surface area contributed by atoms with E-state index in [1.54, 1.807) is 24.5 Å². The predicted octanol–water partition coefficient (Wildman–Crippen LogP) is 5.46. The highest BCUT2D eigenvalue weighted by molar-refractivity contribution is 6.31. The molecule has 0 spiro atoms. The average Bonchev–Trinajstić information content (AvgIpc) is 2.97. The zero-order chi connectivity index (χ0) is 19.1. The fraction of sp³-hybridized carbons (Fsp3) is 0.0526. The van der Waals surface area contributed by atoms with Gasteiger partial charge in [-0.05, 0) is 37.3 Å². The minimum absolute atomic E-state index is 0.0195. The number of anilines is 3. The van der Waals surface area contributed by atoms with Crippen LogP contribution >= 0.6 is 11.6 Å². The van der Waals surface area contributed by atoms with Crippen LogP contribution in [0.25, 0.3) is 22.2 Å². The Balaban J connectivity index is 1.85. The van der Waals surface area contributed by atoms with Crippen molar-refractivity contribution in [1.82, 2.24) is 9.97 Å². The first-order chi connectivity index (χ1) is 13.0. The maximum atomic E-state index is 14.2. The smallest absolute Gasteiger partial charge is 0.215 e. The molecule has 0 aliphatic heterocycles. The van der Waals surface area contributed by atoms with Crippen LogP contribution < -0.4 is 11.1 Å². The molecule has 8 heteroatoms. The van der Waals surface area contributed by atoms with Gasteiger partial charge in [-0.2, -0.15) is 0 Å². The number of nitrogen functional groups attached to an aromatic ring is 1. The molecule has 0 unspecified atom stereocenters. The molecule has 4 rings (SSSR count). The monoisotopic (exact) mass is 386 g/mol. The third-order valence-electron chi connectivity index (χ3n) is 4.10. The second-order valence-electron chi connectivity index (χ2n) is 5.91. The number of aromatic nitrogens is 2. The first kappa shape index (κ1) is 17.2. The number of nitrogens with two attached hydrogens (primary N) is 1. The molecule has 0 aliphatic rings. The topological polar surface area (TPSA) is 77.0 Å². The number of halogens is 3. The van der Waals surface area contributed by atoms with Gasteiger partial charge in [0.15, 0.2) is 11.4 Å². The molecular weight excluding hydrogens is 374 g/mol. The number of fused-ring (bicyclic) bond motifs is 1. The molecule has 3 heterocycles. The van der Waals surface area contributed by atoms with Crippen LogP contribution in [0, 0.1) is 18.6 Å². The van der Waals surface area contributed by atoms with Crippen molar-refractivity contribution in [2.75, 3.05) is 11.1 Å². The van der Waals surface area contributed by atoms with Crippen molar-refractivity contribution < 1.29 is 13.2 Å². The standard InChI is InChI=1S/C19H13ClF2N4O/c1-9-8-10(4-6-24-9)16-18-11(5-7-25-16)17(19(23)27-18)26-13-3-2-12(21)14(20)15(13)22/h2-8,26H,23H2,1H3. The van der Waals surface area contributed by atoms with E-state index in [4.69, 9.17) is 21.8 Å². The second kappa shape index (κ2) is 6.51. The van der Waals surface area contributed by atoms with E-state index in [2.05, 4.69) is 15.3 Å². The van der Waals surface area contributed by atoms with E-state index in [1.165, 1.54) is 6.07 Å². The number of hydrogen-bond donors (Lipinski definition) is 2. The summed E-state index contributed by atoms with van der Waals surface area (Å²) < 4.78 is 33.3. The highest BCUT2D eigenvalue weighted by Gasteiger charge is 2.19. The summed E-state index contributed by atoms with van der Waals surface area (Å²) >= 11 is 5.64. The number of nitrogens with zero attached hydrogens (tertiary/aromatic N) is 2. The van der Waals surface area contributed by atoms with Gasteiger partial charge >= 0.3 is 0 Å². The molecule has 0 atom stereocenters. The van der Waals surface area contributed by atoms with Crippen molar-refractivity contribution in [3.05, 3.63) is 65.1 Å². The second-order valence-corrected chi connectivity index (χ2v) is 6.29. The Morgan fingerprint density at radius 3 is 2.67 bits per heavy atom. The summed E-state index contributed by atoms with van der Waals surface area (Å²) in [6.07, 6.45) is 3.27. The largest absolute Gasteiger partial charge is 0.436 e. The number of pyridine rings is 2. The Morgan fingerprint density at radius 2 is 1.89 bits per heavy atom. The zero-order valence-electron chi connectivity index (χ0n) is 14.1. The van der Waals surface area contributed by atoms with Crippen molar-refractivity contribution in [2.24, 2.45) is 0 Å². The lowest BCUT2D eigenvalue weighted by molar-refractivity contribution is 0.587. The normalized spacial score (nSPS) is 11.1. The molecular formula is C19H13ClF2N4O. The fourth-order valence-corrected chi connectivity index (χ4v) is 2.99. The summed E-state index contributed by atoms with van der Waals surface area (Å²) in [5.74, 6) is -1.71. The van der Waals surface area contributed by atoms with Gasteiger partial charge in [0.1, 0.15) is 22.2 Å². The molecule has 0 saturated heterocycles. The molecule has 0 aliphatic carbocycles. The van der Waals surface area contributed by atoms with Crippen LogP contribution in [0.2, 0.25) is 5.02 Å². The summed E-state index contributed by atoms with van der Waals surface area (Å²) in [7, 11) is 0. The lowest BCUT2D eigenvalue weighted by Gasteiger charge is -2.08. The number of aryl methyl sites for hydroxylation is 1. The first-order valence-corrected chi connectivity index (χ1v) is 8.34. The molecule has 0 saturated carbocycles. The van der Waals surface area contributed by atoms with Gasteiger partial charge < -0.3 is 15.5 Å². The highest BCUT2D eigenvalue weighted by atomic mass is 35.5. The van der Waals surface area contributed by atoms with Crippen molar-refractivity contribution >= 4 is 39.8 Å². The minimum atomic E-state index is -0.913. The molecule has 136 valence electrons.